The third-order valence-corrected chi connectivity index (χ3v) is 6.64. The maximum Gasteiger partial charge on any atom is 0.416 e. The maximum atomic E-state index is 14.6. The van der Waals surface area contributed by atoms with Gasteiger partial charge in [-0.2, -0.15) is 21.6 Å². The SMILES string of the molecule is Cc1ccc(S(=O)(=O)OC[C@]2(c3ccc(F)cc3F)O[C@H]2c2ccc(C(F)(F)F)cc2)cc1. The molecule has 0 amide bonds. The molecule has 4 nitrogen and oxygen atoms in total. The number of hydrogen-bond donors (Lipinski definition) is 0. The lowest BCUT2D eigenvalue weighted by atomic mass is 9.91. The summed E-state index contributed by atoms with van der Waals surface area (Å²) in [5.41, 5.74) is -1.65. The number of alkyl halides is 3. The van der Waals surface area contributed by atoms with Crippen molar-refractivity contribution < 1.29 is 39.3 Å². The van der Waals surface area contributed by atoms with E-state index in [1.165, 1.54) is 12.1 Å². The highest BCUT2D eigenvalue weighted by molar-refractivity contribution is 7.86. The van der Waals surface area contributed by atoms with E-state index in [0.29, 0.717) is 6.07 Å². The predicted octanol–water partition coefficient (Wildman–Crippen LogP) is 5.66. The molecule has 0 aliphatic carbocycles. The molecule has 174 valence electrons. The second-order valence-corrected chi connectivity index (χ2v) is 9.28. The summed E-state index contributed by atoms with van der Waals surface area (Å²) in [6, 6.07) is 12.5. The third-order valence-electron chi connectivity index (χ3n) is 5.36. The van der Waals surface area contributed by atoms with Gasteiger partial charge in [-0.1, -0.05) is 35.9 Å². The Hall–Kier alpha value is -2.82. The van der Waals surface area contributed by atoms with Crippen molar-refractivity contribution in [2.75, 3.05) is 6.61 Å². The molecule has 1 saturated heterocycles. The molecule has 0 spiro atoms. The Balaban J connectivity index is 1.66. The zero-order chi connectivity index (χ0) is 24.0. The molecular weight excluding hydrogens is 467 g/mol. The molecule has 2 atom stereocenters. The van der Waals surface area contributed by atoms with Crippen molar-refractivity contribution in [3.63, 3.8) is 0 Å². The number of hydrogen-bond acceptors (Lipinski definition) is 4. The molecule has 1 heterocycles. The number of halogens is 5. The summed E-state index contributed by atoms with van der Waals surface area (Å²) in [6.45, 7) is 1.10. The van der Waals surface area contributed by atoms with Crippen molar-refractivity contribution in [2.45, 2.75) is 29.7 Å². The van der Waals surface area contributed by atoms with Crippen LogP contribution in [0.25, 0.3) is 0 Å². The summed E-state index contributed by atoms with van der Waals surface area (Å²) < 4.78 is 103. The molecule has 3 aromatic rings. The molecule has 0 N–H and O–H groups in total. The number of epoxide rings is 1. The maximum absolute atomic E-state index is 14.6. The van der Waals surface area contributed by atoms with Crippen LogP contribution in [0.5, 0.6) is 0 Å². The Bertz CT molecular complexity index is 1270. The average Bonchev–Trinajstić information content (AvgIpc) is 3.48. The van der Waals surface area contributed by atoms with E-state index in [1.54, 1.807) is 19.1 Å². The van der Waals surface area contributed by atoms with Gasteiger partial charge < -0.3 is 4.74 Å². The average molecular weight is 484 g/mol. The van der Waals surface area contributed by atoms with Gasteiger partial charge in [0.2, 0.25) is 0 Å². The van der Waals surface area contributed by atoms with E-state index < -0.39 is 51.8 Å². The summed E-state index contributed by atoms with van der Waals surface area (Å²) in [4.78, 5) is -0.130. The number of aryl methyl sites for hydroxylation is 1. The van der Waals surface area contributed by atoms with Gasteiger partial charge in [-0.15, -0.1) is 0 Å². The van der Waals surface area contributed by atoms with Crippen LogP contribution in [-0.2, 0) is 30.8 Å². The largest absolute Gasteiger partial charge is 0.416 e. The van der Waals surface area contributed by atoms with Gasteiger partial charge in [-0.25, -0.2) is 8.78 Å². The zero-order valence-electron chi connectivity index (χ0n) is 17.1. The highest BCUT2D eigenvalue weighted by Crippen LogP contribution is 2.58. The van der Waals surface area contributed by atoms with E-state index in [9.17, 15) is 30.4 Å². The molecule has 1 aliphatic heterocycles. The highest BCUT2D eigenvalue weighted by Gasteiger charge is 2.61. The quantitative estimate of drug-likeness (QED) is 0.257. The second kappa shape index (κ2) is 8.19. The summed E-state index contributed by atoms with van der Waals surface area (Å²) in [6.07, 6.45) is -5.55. The molecule has 0 aromatic heterocycles. The predicted molar refractivity (Wildman–Crippen MR) is 108 cm³/mol. The zero-order valence-corrected chi connectivity index (χ0v) is 17.9. The Kier molecular flexibility index (Phi) is 5.80. The van der Waals surface area contributed by atoms with Crippen LogP contribution < -0.4 is 0 Å². The molecule has 33 heavy (non-hydrogen) atoms. The summed E-state index contributed by atoms with van der Waals surface area (Å²) in [5.74, 6) is -1.85. The third kappa shape index (κ3) is 4.64. The van der Waals surface area contributed by atoms with Gasteiger partial charge in [0.05, 0.1) is 10.5 Å². The van der Waals surface area contributed by atoms with Crippen LogP contribution in [0.1, 0.15) is 28.4 Å². The summed E-state index contributed by atoms with van der Waals surface area (Å²) in [7, 11) is -4.26. The molecule has 0 saturated carbocycles. The number of ether oxygens (including phenoxy) is 1. The Morgan fingerprint density at radius 1 is 0.970 bits per heavy atom. The van der Waals surface area contributed by atoms with E-state index in [2.05, 4.69) is 0 Å². The smallest absolute Gasteiger partial charge is 0.353 e. The van der Waals surface area contributed by atoms with E-state index in [4.69, 9.17) is 8.92 Å². The fraction of sp³-hybridized carbons (Fsp3) is 0.217. The van der Waals surface area contributed by atoms with Crippen LogP contribution in [0.3, 0.4) is 0 Å². The fourth-order valence-corrected chi connectivity index (χ4v) is 4.46. The minimum atomic E-state index is -4.55. The molecule has 3 aromatic carbocycles. The monoisotopic (exact) mass is 484 g/mol. The summed E-state index contributed by atoms with van der Waals surface area (Å²) in [5, 5.41) is 0. The molecule has 4 rings (SSSR count). The Morgan fingerprint density at radius 3 is 2.18 bits per heavy atom. The van der Waals surface area contributed by atoms with Gasteiger partial charge in [0.25, 0.3) is 10.1 Å². The van der Waals surface area contributed by atoms with Crippen molar-refractivity contribution in [3.05, 3.63) is 101 Å². The standard InChI is InChI=1S/C23H17F5O4S/c1-14-2-9-18(10-3-14)33(29,30)31-13-22(19-11-8-17(24)12-20(19)25)21(32-22)15-4-6-16(7-5-15)23(26,27)28/h2-12,21H,13H2,1H3/t21-,22+/m0/s1. The van der Waals surface area contributed by atoms with E-state index in [0.717, 1.165) is 42.0 Å². The van der Waals surface area contributed by atoms with Crippen molar-refractivity contribution in [2.24, 2.45) is 0 Å². The first-order valence-corrected chi connectivity index (χ1v) is 11.1. The van der Waals surface area contributed by atoms with Gasteiger partial charge in [-0.3, -0.25) is 4.18 Å². The van der Waals surface area contributed by atoms with E-state index in [1.807, 2.05) is 0 Å². The van der Waals surface area contributed by atoms with Crippen LogP contribution in [-0.4, -0.2) is 15.0 Å². The van der Waals surface area contributed by atoms with Crippen molar-refractivity contribution in [1.82, 2.24) is 0 Å². The highest BCUT2D eigenvalue weighted by atomic mass is 32.2. The lowest BCUT2D eigenvalue weighted by molar-refractivity contribution is -0.137. The van der Waals surface area contributed by atoms with Gasteiger partial charge in [0.15, 0.2) is 5.60 Å². The van der Waals surface area contributed by atoms with Crippen LogP contribution in [0.15, 0.2) is 71.6 Å². The molecule has 0 radical (unpaired) electrons. The molecule has 0 bridgehead atoms. The second-order valence-electron chi connectivity index (χ2n) is 7.66. The van der Waals surface area contributed by atoms with E-state index >= 15 is 0 Å². The number of rotatable bonds is 6. The molecule has 1 fully saturated rings. The van der Waals surface area contributed by atoms with Gasteiger partial charge in [-0.05, 0) is 42.8 Å². The van der Waals surface area contributed by atoms with Gasteiger partial charge >= 0.3 is 6.18 Å². The first-order valence-electron chi connectivity index (χ1n) is 9.69. The van der Waals surface area contributed by atoms with Gasteiger partial charge in [0.1, 0.15) is 24.3 Å². The lowest BCUT2D eigenvalue weighted by Crippen LogP contribution is -2.23. The van der Waals surface area contributed by atoms with Crippen LogP contribution in [0.2, 0.25) is 0 Å². The Morgan fingerprint density at radius 2 is 1.61 bits per heavy atom. The molecule has 10 heteroatoms. The molecular formula is C23H17F5O4S. The summed E-state index contributed by atoms with van der Waals surface area (Å²) >= 11 is 0. The Labute approximate surface area is 186 Å². The fourth-order valence-electron chi connectivity index (χ4n) is 3.52. The minimum absolute atomic E-state index is 0.130. The van der Waals surface area contributed by atoms with Crippen LogP contribution in [0, 0.1) is 18.6 Å². The number of benzene rings is 3. The van der Waals surface area contributed by atoms with Gasteiger partial charge in [0, 0.05) is 11.6 Å². The first-order chi connectivity index (χ1) is 15.4. The van der Waals surface area contributed by atoms with Crippen molar-refractivity contribution in [3.8, 4) is 0 Å². The van der Waals surface area contributed by atoms with Crippen molar-refractivity contribution in [1.29, 1.82) is 0 Å². The lowest BCUT2D eigenvalue weighted by Gasteiger charge is -2.16. The normalized spacial score (nSPS) is 20.6. The van der Waals surface area contributed by atoms with Crippen LogP contribution >= 0.6 is 0 Å². The van der Waals surface area contributed by atoms with Crippen LogP contribution in [0.4, 0.5) is 22.0 Å². The van der Waals surface area contributed by atoms with Crippen molar-refractivity contribution >= 4 is 10.1 Å². The minimum Gasteiger partial charge on any atom is -0.353 e. The molecule has 0 unspecified atom stereocenters. The van der Waals surface area contributed by atoms with E-state index in [-0.39, 0.29) is 16.0 Å². The topological polar surface area (TPSA) is 55.9 Å². The first kappa shape index (κ1) is 23.3. The molecule has 1 aliphatic rings.